The number of aromatic amines is 1. The van der Waals surface area contributed by atoms with E-state index in [9.17, 15) is 14.7 Å². The number of thioether (sulfide) groups is 1. The van der Waals surface area contributed by atoms with Gasteiger partial charge in [0.2, 0.25) is 5.91 Å². The van der Waals surface area contributed by atoms with Crippen molar-refractivity contribution in [2.24, 2.45) is 0 Å². The number of hydrogen-bond acceptors (Lipinski definition) is 6. The number of H-pyrrole nitrogens is 1. The van der Waals surface area contributed by atoms with Crippen molar-refractivity contribution in [1.29, 1.82) is 0 Å². The fourth-order valence-electron chi connectivity index (χ4n) is 3.64. The van der Waals surface area contributed by atoms with Crippen molar-refractivity contribution in [3.8, 4) is 16.9 Å². The van der Waals surface area contributed by atoms with Crippen molar-refractivity contribution in [3.63, 3.8) is 0 Å². The number of benzene rings is 3. The number of carbonyl (C=O) groups is 1. The van der Waals surface area contributed by atoms with Crippen LogP contribution in [0.25, 0.3) is 32.1 Å². The molecule has 0 bridgehead atoms. The van der Waals surface area contributed by atoms with E-state index in [2.05, 4.69) is 27.4 Å². The molecule has 2 heterocycles. The minimum Gasteiger partial charge on any atom is -0.506 e. The van der Waals surface area contributed by atoms with Gasteiger partial charge in [0.05, 0.1) is 16.8 Å². The molecule has 8 heteroatoms. The predicted octanol–water partition coefficient (Wildman–Crippen LogP) is 5.55. The fraction of sp³-hybridized carbons (Fsp3) is 0.0800. The highest BCUT2D eigenvalue weighted by Crippen LogP contribution is 2.33. The summed E-state index contributed by atoms with van der Waals surface area (Å²) in [5.41, 5.74) is 2.86. The Kier molecular flexibility index (Phi) is 5.62. The molecule has 2 aromatic heterocycles. The number of nitrogens with one attached hydrogen (secondary N) is 2. The Morgan fingerprint density at radius 1 is 1.12 bits per heavy atom. The van der Waals surface area contributed by atoms with Crippen LogP contribution in [0.2, 0.25) is 0 Å². The number of phenolic OH excluding ortho intramolecular Hbond substituents is 1. The van der Waals surface area contributed by atoms with Crippen molar-refractivity contribution in [2.45, 2.75) is 12.1 Å². The number of rotatable bonds is 5. The molecule has 3 aromatic carbocycles. The second-order valence-electron chi connectivity index (χ2n) is 7.62. The maximum Gasteiger partial charge on any atom is 0.260 e. The summed E-state index contributed by atoms with van der Waals surface area (Å²) in [6.07, 6.45) is 0. The maximum atomic E-state index is 12.9. The molecule has 0 saturated heterocycles. The first-order chi connectivity index (χ1) is 16.0. The molecule has 0 radical (unpaired) electrons. The number of hydrogen-bond donors (Lipinski definition) is 3. The molecule has 0 unspecified atom stereocenters. The average molecular weight is 474 g/mol. The van der Waals surface area contributed by atoms with Gasteiger partial charge in [0.25, 0.3) is 5.56 Å². The molecule has 6 nitrogen and oxygen atoms in total. The summed E-state index contributed by atoms with van der Waals surface area (Å²) in [4.78, 5) is 33.2. The highest BCUT2D eigenvalue weighted by atomic mass is 32.2. The van der Waals surface area contributed by atoms with Gasteiger partial charge in [0.1, 0.15) is 10.6 Å². The Morgan fingerprint density at radius 2 is 1.94 bits per heavy atom. The molecule has 0 aliphatic heterocycles. The summed E-state index contributed by atoms with van der Waals surface area (Å²) < 4.78 is 0. The van der Waals surface area contributed by atoms with Crippen LogP contribution < -0.4 is 10.9 Å². The normalized spacial score (nSPS) is 11.2. The van der Waals surface area contributed by atoms with E-state index >= 15 is 0 Å². The van der Waals surface area contributed by atoms with E-state index in [0.717, 1.165) is 39.2 Å². The highest BCUT2D eigenvalue weighted by molar-refractivity contribution is 7.99. The SMILES string of the molecule is Cc1ccc(O)c(NC(=O)CSc2nc3scc(-c4ccc5ccccc5c4)c3c(=O)[nH]2)c1. The minimum absolute atomic E-state index is 0.00621. The van der Waals surface area contributed by atoms with Gasteiger partial charge in [-0.1, -0.05) is 54.2 Å². The van der Waals surface area contributed by atoms with E-state index in [-0.39, 0.29) is 23.0 Å². The van der Waals surface area contributed by atoms with Crippen LogP contribution in [0.15, 0.2) is 76.0 Å². The number of anilines is 1. The first-order valence-electron chi connectivity index (χ1n) is 10.2. The van der Waals surface area contributed by atoms with E-state index in [0.29, 0.717) is 21.1 Å². The molecule has 1 amide bonds. The minimum atomic E-state index is -0.299. The third-order valence-electron chi connectivity index (χ3n) is 5.25. The first-order valence-corrected chi connectivity index (χ1v) is 12.1. The second kappa shape index (κ2) is 8.73. The van der Waals surface area contributed by atoms with Crippen LogP contribution in [0, 0.1) is 6.92 Å². The van der Waals surface area contributed by atoms with E-state index in [1.165, 1.54) is 17.4 Å². The van der Waals surface area contributed by atoms with E-state index in [1.807, 2.05) is 42.6 Å². The lowest BCUT2D eigenvalue weighted by Crippen LogP contribution is -2.15. The van der Waals surface area contributed by atoms with E-state index in [4.69, 9.17) is 0 Å². The quantitative estimate of drug-likeness (QED) is 0.177. The van der Waals surface area contributed by atoms with Crippen molar-refractivity contribution >= 4 is 55.7 Å². The molecule has 0 aliphatic rings. The van der Waals surface area contributed by atoms with E-state index in [1.54, 1.807) is 12.1 Å². The van der Waals surface area contributed by atoms with Gasteiger partial charge in [-0.05, 0) is 47.0 Å². The smallest absolute Gasteiger partial charge is 0.260 e. The zero-order chi connectivity index (χ0) is 22.9. The lowest BCUT2D eigenvalue weighted by molar-refractivity contribution is -0.113. The standard InChI is InChI=1S/C25H19N3O3S2/c1-14-6-9-20(29)19(10-14)26-21(30)13-33-25-27-23(31)22-18(12-32-24(22)28-25)17-8-7-15-4-2-3-5-16(15)11-17/h2-12,29H,13H2,1H3,(H,26,30)(H,27,28,31). The molecular formula is C25H19N3O3S2. The van der Waals surface area contributed by atoms with Gasteiger partial charge in [-0.15, -0.1) is 11.3 Å². The Morgan fingerprint density at radius 3 is 2.79 bits per heavy atom. The van der Waals surface area contributed by atoms with Gasteiger partial charge < -0.3 is 15.4 Å². The number of phenols is 1. The van der Waals surface area contributed by atoms with Gasteiger partial charge >= 0.3 is 0 Å². The van der Waals surface area contributed by atoms with Crippen molar-refractivity contribution in [1.82, 2.24) is 9.97 Å². The summed E-state index contributed by atoms with van der Waals surface area (Å²) in [6.45, 7) is 1.88. The molecule has 0 atom stereocenters. The molecular weight excluding hydrogens is 454 g/mol. The zero-order valence-electron chi connectivity index (χ0n) is 17.6. The number of thiophene rings is 1. The maximum absolute atomic E-state index is 12.9. The predicted molar refractivity (Wildman–Crippen MR) is 135 cm³/mol. The number of carbonyl (C=O) groups excluding carboxylic acids is 1. The third kappa shape index (κ3) is 4.35. The number of aromatic hydroxyl groups is 1. The second-order valence-corrected chi connectivity index (χ2v) is 9.44. The molecule has 0 saturated carbocycles. The molecule has 5 aromatic rings. The summed E-state index contributed by atoms with van der Waals surface area (Å²) in [5.74, 6) is -0.247. The molecule has 0 spiro atoms. The van der Waals surface area contributed by atoms with Gasteiger partial charge in [0, 0.05) is 10.9 Å². The van der Waals surface area contributed by atoms with Crippen LogP contribution in [-0.2, 0) is 4.79 Å². The molecule has 0 fully saturated rings. The number of fused-ring (bicyclic) bond motifs is 2. The van der Waals surface area contributed by atoms with Crippen molar-refractivity contribution < 1.29 is 9.90 Å². The Balaban J connectivity index is 1.37. The Labute approximate surface area is 197 Å². The van der Waals surface area contributed by atoms with Gasteiger partial charge in [-0.3, -0.25) is 9.59 Å². The molecule has 164 valence electrons. The van der Waals surface area contributed by atoms with Crippen LogP contribution in [0.1, 0.15) is 5.56 Å². The number of nitrogens with zero attached hydrogens (tertiary/aromatic N) is 1. The lowest BCUT2D eigenvalue weighted by atomic mass is 10.0. The summed E-state index contributed by atoms with van der Waals surface area (Å²) in [7, 11) is 0. The van der Waals surface area contributed by atoms with Gasteiger partial charge in [0.15, 0.2) is 5.16 Å². The number of amides is 1. The Hall–Kier alpha value is -3.62. The van der Waals surface area contributed by atoms with Gasteiger partial charge in [-0.25, -0.2) is 4.98 Å². The first kappa shape index (κ1) is 21.2. The van der Waals surface area contributed by atoms with Crippen LogP contribution >= 0.6 is 23.1 Å². The highest BCUT2D eigenvalue weighted by Gasteiger charge is 2.15. The number of aryl methyl sites for hydroxylation is 1. The lowest BCUT2D eigenvalue weighted by Gasteiger charge is -2.08. The number of aromatic nitrogens is 2. The third-order valence-corrected chi connectivity index (χ3v) is 6.99. The summed E-state index contributed by atoms with van der Waals surface area (Å²) >= 11 is 2.54. The molecule has 0 aliphatic carbocycles. The largest absolute Gasteiger partial charge is 0.506 e. The average Bonchev–Trinajstić information content (AvgIpc) is 3.24. The molecule has 33 heavy (non-hydrogen) atoms. The van der Waals surface area contributed by atoms with Crippen molar-refractivity contribution in [3.05, 3.63) is 82.0 Å². The van der Waals surface area contributed by atoms with Crippen molar-refractivity contribution in [2.75, 3.05) is 11.1 Å². The molecule has 3 N–H and O–H groups in total. The van der Waals surface area contributed by atoms with Gasteiger partial charge in [-0.2, -0.15) is 0 Å². The van der Waals surface area contributed by atoms with E-state index < -0.39 is 0 Å². The van der Waals surface area contributed by atoms with Crippen LogP contribution in [0.3, 0.4) is 0 Å². The van der Waals surface area contributed by atoms with Crippen LogP contribution in [-0.4, -0.2) is 26.7 Å². The van der Waals surface area contributed by atoms with Crippen LogP contribution in [0.5, 0.6) is 5.75 Å². The zero-order valence-corrected chi connectivity index (χ0v) is 19.2. The summed E-state index contributed by atoms with van der Waals surface area (Å²) in [6, 6.07) is 19.2. The van der Waals surface area contributed by atoms with Crippen LogP contribution in [0.4, 0.5) is 5.69 Å². The topological polar surface area (TPSA) is 95.1 Å². The fourth-order valence-corrected chi connectivity index (χ4v) is 5.30. The monoisotopic (exact) mass is 473 g/mol. The Bertz CT molecular complexity index is 1570. The summed E-state index contributed by atoms with van der Waals surface area (Å²) in [5, 5.41) is 17.7. The molecule has 5 rings (SSSR count).